The van der Waals surface area contributed by atoms with E-state index in [0.29, 0.717) is 12.1 Å². The third kappa shape index (κ3) is 3.74. The lowest BCUT2D eigenvalue weighted by atomic mass is 9.93. The van der Waals surface area contributed by atoms with E-state index in [0.717, 1.165) is 25.7 Å². The number of nitrogens with zero attached hydrogens (tertiary/aromatic N) is 1. The Labute approximate surface area is 140 Å². The molecule has 0 aliphatic carbocycles. The van der Waals surface area contributed by atoms with Crippen molar-refractivity contribution in [1.29, 1.82) is 0 Å². The maximum absolute atomic E-state index is 13.4. The van der Waals surface area contributed by atoms with Gasteiger partial charge in [0, 0.05) is 31.6 Å². The summed E-state index contributed by atoms with van der Waals surface area (Å²) in [6.07, 6.45) is -1.09. The van der Waals surface area contributed by atoms with Gasteiger partial charge in [0.1, 0.15) is 0 Å². The highest BCUT2D eigenvalue weighted by atomic mass is 19.4. The van der Waals surface area contributed by atoms with Crippen LogP contribution in [-0.2, 0) is 4.79 Å². The third-order valence-electron chi connectivity index (χ3n) is 5.37. The van der Waals surface area contributed by atoms with Gasteiger partial charge in [-0.1, -0.05) is 30.3 Å². The van der Waals surface area contributed by atoms with Gasteiger partial charge in [-0.25, -0.2) is 0 Å². The summed E-state index contributed by atoms with van der Waals surface area (Å²) in [7, 11) is 1.65. The number of fused-ring (bicyclic) bond motifs is 2. The van der Waals surface area contributed by atoms with Gasteiger partial charge in [-0.15, -0.1) is 0 Å². The van der Waals surface area contributed by atoms with Gasteiger partial charge < -0.3 is 10.2 Å². The number of hydrogen-bond donors (Lipinski definition) is 1. The Hall–Kier alpha value is -1.56. The first kappa shape index (κ1) is 17.3. The largest absolute Gasteiger partial charge is 0.396 e. The van der Waals surface area contributed by atoms with E-state index < -0.39 is 24.4 Å². The van der Waals surface area contributed by atoms with Crippen LogP contribution in [0.5, 0.6) is 0 Å². The fraction of sp³-hybridized carbons (Fsp3) is 0.611. The van der Waals surface area contributed by atoms with Crippen LogP contribution in [0.4, 0.5) is 13.2 Å². The average Bonchev–Trinajstić information content (AvgIpc) is 2.89. The Balaban J connectivity index is 1.69. The number of halogens is 3. The fourth-order valence-electron chi connectivity index (χ4n) is 3.97. The van der Waals surface area contributed by atoms with Gasteiger partial charge in [0.05, 0.1) is 5.92 Å². The molecule has 1 aromatic rings. The molecule has 2 bridgehead atoms. The molecular weight excluding hydrogens is 317 g/mol. The molecule has 2 saturated heterocycles. The van der Waals surface area contributed by atoms with E-state index >= 15 is 0 Å². The van der Waals surface area contributed by atoms with Crippen LogP contribution in [0, 0.1) is 0 Å². The molecule has 1 N–H and O–H groups in total. The summed E-state index contributed by atoms with van der Waals surface area (Å²) in [5.74, 6) is -2.17. The first-order chi connectivity index (χ1) is 11.3. The van der Waals surface area contributed by atoms with Gasteiger partial charge in [0.2, 0.25) is 5.91 Å². The van der Waals surface area contributed by atoms with E-state index in [1.807, 2.05) is 0 Å². The smallest absolute Gasteiger partial charge is 0.343 e. The molecule has 0 radical (unpaired) electrons. The minimum absolute atomic E-state index is 0.0425. The number of hydrogen-bond acceptors (Lipinski definition) is 2. The van der Waals surface area contributed by atoms with Gasteiger partial charge in [-0.2, -0.15) is 13.2 Å². The Morgan fingerprint density at radius 1 is 1.21 bits per heavy atom. The molecule has 2 aliphatic heterocycles. The van der Waals surface area contributed by atoms with E-state index in [9.17, 15) is 18.0 Å². The predicted octanol–water partition coefficient (Wildman–Crippen LogP) is 3.46. The Kier molecular flexibility index (Phi) is 4.85. The molecule has 24 heavy (non-hydrogen) atoms. The molecule has 2 aliphatic rings. The van der Waals surface area contributed by atoms with Gasteiger partial charge >= 0.3 is 6.18 Å². The van der Waals surface area contributed by atoms with E-state index in [4.69, 9.17) is 0 Å². The highest BCUT2D eigenvalue weighted by Crippen LogP contribution is 2.38. The van der Waals surface area contributed by atoms with Crippen molar-refractivity contribution in [3.05, 3.63) is 35.9 Å². The van der Waals surface area contributed by atoms with Crippen molar-refractivity contribution in [1.82, 2.24) is 10.2 Å². The summed E-state index contributed by atoms with van der Waals surface area (Å²) in [5, 5.41) is 3.49. The normalized spacial score (nSPS) is 27.8. The summed E-state index contributed by atoms with van der Waals surface area (Å²) in [5.41, 5.74) is 0.150. The zero-order chi connectivity index (χ0) is 17.3. The number of nitrogens with one attached hydrogen (secondary N) is 1. The number of benzene rings is 1. The van der Waals surface area contributed by atoms with Crippen molar-refractivity contribution in [3.8, 4) is 0 Å². The number of carbonyl (C=O) groups excluding carboxylic acids is 1. The van der Waals surface area contributed by atoms with Crippen LogP contribution in [0.3, 0.4) is 0 Å². The lowest BCUT2D eigenvalue weighted by molar-refractivity contribution is -0.161. The zero-order valence-electron chi connectivity index (χ0n) is 13.7. The van der Waals surface area contributed by atoms with Crippen LogP contribution in [0.1, 0.15) is 43.6 Å². The third-order valence-corrected chi connectivity index (χ3v) is 5.37. The van der Waals surface area contributed by atoms with Crippen LogP contribution in [-0.4, -0.2) is 42.2 Å². The number of piperidine rings is 1. The molecule has 0 saturated carbocycles. The predicted molar refractivity (Wildman–Crippen MR) is 85.6 cm³/mol. The van der Waals surface area contributed by atoms with Crippen molar-refractivity contribution in [2.45, 2.75) is 62.3 Å². The highest BCUT2D eigenvalue weighted by molar-refractivity contribution is 5.77. The van der Waals surface area contributed by atoms with Crippen molar-refractivity contribution in [2.75, 3.05) is 7.05 Å². The zero-order valence-corrected chi connectivity index (χ0v) is 13.7. The second-order valence-corrected chi connectivity index (χ2v) is 6.98. The van der Waals surface area contributed by atoms with Crippen LogP contribution in [0.2, 0.25) is 0 Å². The second kappa shape index (κ2) is 6.75. The molecule has 2 heterocycles. The lowest BCUT2D eigenvalue weighted by Gasteiger charge is -2.36. The number of alkyl halides is 3. The Bertz CT molecular complexity index is 563. The van der Waals surface area contributed by atoms with E-state index in [2.05, 4.69) is 5.32 Å². The average molecular weight is 340 g/mol. The van der Waals surface area contributed by atoms with Gasteiger partial charge in [-0.3, -0.25) is 4.79 Å². The van der Waals surface area contributed by atoms with E-state index in [1.165, 1.54) is 12.1 Å². The minimum atomic E-state index is -4.43. The lowest BCUT2D eigenvalue weighted by Crippen LogP contribution is -2.49. The van der Waals surface area contributed by atoms with E-state index in [1.54, 1.807) is 30.1 Å². The molecule has 1 aromatic carbocycles. The van der Waals surface area contributed by atoms with E-state index in [-0.39, 0.29) is 11.6 Å². The summed E-state index contributed by atoms with van der Waals surface area (Å²) in [6, 6.07) is 8.55. The molecule has 1 amide bonds. The molecule has 3 nitrogen and oxygen atoms in total. The Morgan fingerprint density at radius 2 is 1.79 bits per heavy atom. The second-order valence-electron chi connectivity index (χ2n) is 6.98. The molecule has 0 spiro atoms. The fourth-order valence-corrected chi connectivity index (χ4v) is 3.97. The minimum Gasteiger partial charge on any atom is -0.343 e. The summed E-state index contributed by atoms with van der Waals surface area (Å²) in [6.45, 7) is 0. The number of carbonyl (C=O) groups is 1. The van der Waals surface area contributed by atoms with Crippen LogP contribution in [0.15, 0.2) is 30.3 Å². The molecular formula is C18H23F3N2O. The quantitative estimate of drug-likeness (QED) is 0.910. The number of amides is 1. The summed E-state index contributed by atoms with van der Waals surface area (Å²) >= 11 is 0. The molecule has 132 valence electrons. The SMILES string of the molecule is CN(C(=O)CC(c1ccccc1)C(F)(F)F)C1CC2CCC(C1)N2. The summed E-state index contributed by atoms with van der Waals surface area (Å²) < 4.78 is 40.3. The van der Waals surface area contributed by atoms with Gasteiger partial charge in [0.25, 0.3) is 0 Å². The van der Waals surface area contributed by atoms with Gasteiger partial charge in [0.15, 0.2) is 0 Å². The maximum Gasteiger partial charge on any atom is 0.396 e. The van der Waals surface area contributed by atoms with Crippen molar-refractivity contribution in [3.63, 3.8) is 0 Å². The van der Waals surface area contributed by atoms with Gasteiger partial charge in [-0.05, 0) is 31.2 Å². The van der Waals surface area contributed by atoms with Crippen molar-refractivity contribution < 1.29 is 18.0 Å². The van der Waals surface area contributed by atoms with Crippen molar-refractivity contribution >= 4 is 5.91 Å². The topological polar surface area (TPSA) is 32.3 Å². The highest BCUT2D eigenvalue weighted by Gasteiger charge is 2.43. The molecule has 3 unspecified atom stereocenters. The molecule has 3 atom stereocenters. The molecule has 6 heteroatoms. The van der Waals surface area contributed by atoms with Crippen LogP contribution >= 0.6 is 0 Å². The monoisotopic (exact) mass is 340 g/mol. The first-order valence-electron chi connectivity index (χ1n) is 8.48. The van der Waals surface area contributed by atoms with Crippen molar-refractivity contribution in [2.24, 2.45) is 0 Å². The van der Waals surface area contributed by atoms with Crippen LogP contribution in [0.25, 0.3) is 0 Å². The standard InChI is InChI=1S/C18H23F3N2O/c1-23(15-9-13-7-8-14(10-15)22-13)17(24)11-16(18(19,20)21)12-5-3-2-4-6-12/h2-6,13-16,22H,7-11H2,1H3. The molecule has 0 aromatic heterocycles. The maximum atomic E-state index is 13.4. The first-order valence-corrected chi connectivity index (χ1v) is 8.48. The summed E-state index contributed by atoms with van der Waals surface area (Å²) in [4.78, 5) is 14.1. The Morgan fingerprint density at radius 3 is 2.33 bits per heavy atom. The van der Waals surface area contributed by atoms with Crippen LogP contribution < -0.4 is 5.32 Å². The number of rotatable bonds is 4. The molecule has 2 fully saturated rings. The molecule has 3 rings (SSSR count).